The molecular weight excluding hydrogens is 477 g/mol. The van der Waals surface area contributed by atoms with Crippen LogP contribution >= 0.6 is 24.0 Å². The number of hydrogen-bond donors (Lipinski definition) is 3. The Morgan fingerprint density at radius 3 is 2.55 bits per heavy atom. The van der Waals surface area contributed by atoms with Crippen LogP contribution in [0, 0.1) is 5.92 Å². The molecule has 2 aliphatic rings. The zero-order valence-electron chi connectivity index (χ0n) is 17.7. The van der Waals surface area contributed by atoms with Gasteiger partial charge in [-0.2, -0.15) is 0 Å². The third-order valence-electron chi connectivity index (χ3n) is 5.84. The fourth-order valence-corrected chi connectivity index (χ4v) is 3.77. The number of amides is 1. The molecule has 1 heterocycles. The van der Waals surface area contributed by atoms with Crippen LogP contribution in [0.15, 0.2) is 29.3 Å². The number of carbonyl (C=O) groups excluding carboxylic acids is 1. The fraction of sp³-hybridized carbons (Fsp3) is 0.636. The number of hydrogen-bond acceptors (Lipinski definition) is 3. The summed E-state index contributed by atoms with van der Waals surface area (Å²) >= 11 is 0. The van der Waals surface area contributed by atoms with Crippen LogP contribution in [0.3, 0.4) is 0 Å². The van der Waals surface area contributed by atoms with Crippen molar-refractivity contribution in [3.05, 3.63) is 29.8 Å². The summed E-state index contributed by atoms with van der Waals surface area (Å²) in [6.45, 7) is 5.98. The third-order valence-corrected chi connectivity index (χ3v) is 5.84. The average molecular weight is 513 g/mol. The van der Waals surface area contributed by atoms with Crippen molar-refractivity contribution < 1.29 is 4.79 Å². The molecule has 1 aromatic carbocycles. The first kappa shape index (κ1) is 23.8. The van der Waals surface area contributed by atoms with E-state index in [0.717, 1.165) is 44.9 Å². The SMILES string of the molecule is CN=C(NCCCNC(=O)C1CCC1)NC(C)c1cccc(N2CCCC2)c1.I. The minimum Gasteiger partial charge on any atom is -0.372 e. The number of guanidine groups is 1. The van der Waals surface area contributed by atoms with E-state index >= 15 is 0 Å². The molecule has 1 unspecified atom stereocenters. The quantitative estimate of drug-likeness (QED) is 0.216. The first-order chi connectivity index (χ1) is 13.7. The Labute approximate surface area is 192 Å². The monoisotopic (exact) mass is 513 g/mol. The van der Waals surface area contributed by atoms with Gasteiger partial charge in [0.25, 0.3) is 0 Å². The van der Waals surface area contributed by atoms with Crippen molar-refractivity contribution in [3.63, 3.8) is 0 Å². The molecule has 3 N–H and O–H groups in total. The first-order valence-electron chi connectivity index (χ1n) is 10.8. The minimum atomic E-state index is 0. The van der Waals surface area contributed by atoms with Gasteiger partial charge in [0.2, 0.25) is 5.91 Å². The Morgan fingerprint density at radius 1 is 1.17 bits per heavy atom. The molecule has 7 heteroatoms. The van der Waals surface area contributed by atoms with Crippen molar-refractivity contribution in [2.24, 2.45) is 10.9 Å². The summed E-state index contributed by atoms with van der Waals surface area (Å²) in [5, 5.41) is 9.85. The molecule has 1 amide bonds. The number of benzene rings is 1. The van der Waals surface area contributed by atoms with Crippen molar-refractivity contribution in [2.45, 2.75) is 51.5 Å². The molecule has 1 aromatic rings. The highest BCUT2D eigenvalue weighted by Gasteiger charge is 2.24. The summed E-state index contributed by atoms with van der Waals surface area (Å²) in [7, 11) is 1.79. The molecule has 1 aliphatic carbocycles. The number of carbonyl (C=O) groups is 1. The Balaban J connectivity index is 0.00000300. The average Bonchev–Trinajstić information content (AvgIpc) is 3.20. The second kappa shape index (κ2) is 12.2. The van der Waals surface area contributed by atoms with Crippen LogP contribution in [0.25, 0.3) is 0 Å². The highest BCUT2D eigenvalue weighted by atomic mass is 127. The zero-order valence-corrected chi connectivity index (χ0v) is 20.1. The second-order valence-electron chi connectivity index (χ2n) is 7.93. The van der Waals surface area contributed by atoms with Crippen molar-refractivity contribution in [3.8, 4) is 0 Å². The maximum absolute atomic E-state index is 11.8. The summed E-state index contributed by atoms with van der Waals surface area (Å²) in [4.78, 5) is 18.6. The number of aliphatic imine (C=N–C) groups is 1. The van der Waals surface area contributed by atoms with Gasteiger partial charge in [0.05, 0.1) is 6.04 Å². The predicted octanol–water partition coefficient (Wildman–Crippen LogP) is 3.44. The molecule has 1 atom stereocenters. The molecule has 162 valence electrons. The van der Waals surface area contributed by atoms with Crippen LogP contribution < -0.4 is 20.9 Å². The Bertz CT molecular complexity index is 671. The Kier molecular flexibility index (Phi) is 10.0. The van der Waals surface area contributed by atoms with Gasteiger partial charge in [-0.3, -0.25) is 9.79 Å². The molecule has 0 spiro atoms. The lowest BCUT2D eigenvalue weighted by molar-refractivity contribution is -0.127. The second-order valence-corrected chi connectivity index (χ2v) is 7.93. The van der Waals surface area contributed by atoms with Crippen LogP contribution in [-0.2, 0) is 4.79 Å². The van der Waals surface area contributed by atoms with Crippen LogP contribution in [0.1, 0.15) is 57.1 Å². The number of anilines is 1. The van der Waals surface area contributed by atoms with Crippen molar-refractivity contribution in [1.82, 2.24) is 16.0 Å². The Morgan fingerprint density at radius 2 is 1.90 bits per heavy atom. The lowest BCUT2D eigenvalue weighted by atomic mass is 9.85. The molecule has 1 aliphatic heterocycles. The van der Waals surface area contributed by atoms with Gasteiger partial charge in [-0.25, -0.2) is 0 Å². The van der Waals surface area contributed by atoms with Crippen LogP contribution in [0.5, 0.6) is 0 Å². The number of nitrogens with one attached hydrogen (secondary N) is 3. The molecule has 0 radical (unpaired) electrons. The van der Waals surface area contributed by atoms with Gasteiger partial charge in [-0.15, -0.1) is 24.0 Å². The highest BCUT2D eigenvalue weighted by molar-refractivity contribution is 14.0. The van der Waals surface area contributed by atoms with E-state index in [4.69, 9.17) is 0 Å². The van der Waals surface area contributed by atoms with Crippen molar-refractivity contribution >= 4 is 41.5 Å². The van der Waals surface area contributed by atoms with Crippen molar-refractivity contribution in [1.29, 1.82) is 0 Å². The van der Waals surface area contributed by atoms with E-state index in [2.05, 4.69) is 57.0 Å². The standard InChI is InChI=1S/C22H35N5O.HI/c1-17(19-10-6-11-20(16-19)27-14-3-4-15-27)26-22(23-2)25-13-7-12-24-21(28)18-8-5-9-18;/h6,10-11,16-18H,3-5,7-9,12-15H2,1-2H3,(H,24,28)(H2,23,25,26);1H. The fourth-order valence-electron chi connectivity index (χ4n) is 3.77. The van der Waals surface area contributed by atoms with E-state index in [1.165, 1.54) is 30.5 Å². The number of halogens is 1. The largest absolute Gasteiger partial charge is 0.372 e. The van der Waals surface area contributed by atoms with E-state index in [1.807, 2.05) is 0 Å². The molecule has 2 fully saturated rings. The smallest absolute Gasteiger partial charge is 0.223 e. The molecule has 3 rings (SSSR count). The van der Waals surface area contributed by atoms with Gasteiger partial charge in [0.15, 0.2) is 5.96 Å². The van der Waals surface area contributed by atoms with Gasteiger partial charge in [-0.1, -0.05) is 18.6 Å². The summed E-state index contributed by atoms with van der Waals surface area (Å²) < 4.78 is 0. The first-order valence-corrected chi connectivity index (χ1v) is 10.8. The van der Waals surface area contributed by atoms with E-state index in [-0.39, 0.29) is 41.8 Å². The van der Waals surface area contributed by atoms with Gasteiger partial charge in [-0.05, 0) is 56.7 Å². The van der Waals surface area contributed by atoms with E-state index < -0.39 is 0 Å². The van der Waals surface area contributed by atoms with E-state index in [1.54, 1.807) is 7.05 Å². The van der Waals surface area contributed by atoms with Gasteiger partial charge < -0.3 is 20.9 Å². The molecule has 0 aromatic heterocycles. The Hall–Kier alpha value is -1.51. The summed E-state index contributed by atoms with van der Waals surface area (Å²) in [6.07, 6.45) is 6.76. The lowest BCUT2D eigenvalue weighted by Gasteiger charge is -2.24. The van der Waals surface area contributed by atoms with Gasteiger partial charge >= 0.3 is 0 Å². The molecule has 0 bridgehead atoms. The number of rotatable bonds is 8. The van der Waals surface area contributed by atoms with E-state index in [0.29, 0.717) is 6.54 Å². The zero-order chi connectivity index (χ0) is 19.8. The van der Waals surface area contributed by atoms with Crippen LogP contribution in [0.2, 0.25) is 0 Å². The third kappa shape index (κ3) is 7.04. The van der Waals surface area contributed by atoms with Gasteiger partial charge in [0.1, 0.15) is 0 Å². The minimum absolute atomic E-state index is 0. The lowest BCUT2D eigenvalue weighted by Crippen LogP contribution is -2.40. The van der Waals surface area contributed by atoms with Crippen molar-refractivity contribution in [2.75, 3.05) is 38.1 Å². The summed E-state index contributed by atoms with van der Waals surface area (Å²) in [5.74, 6) is 1.28. The molecule has 29 heavy (non-hydrogen) atoms. The van der Waals surface area contributed by atoms with Gasteiger partial charge in [0, 0.05) is 44.8 Å². The maximum Gasteiger partial charge on any atom is 0.223 e. The maximum atomic E-state index is 11.8. The normalized spacial score (nSPS) is 17.9. The molecule has 1 saturated heterocycles. The molecular formula is C22H36IN5O. The van der Waals surface area contributed by atoms with Crippen LogP contribution in [-0.4, -0.2) is 45.1 Å². The molecule has 6 nitrogen and oxygen atoms in total. The number of nitrogens with zero attached hydrogens (tertiary/aromatic N) is 2. The molecule has 1 saturated carbocycles. The summed E-state index contributed by atoms with van der Waals surface area (Å²) in [6, 6.07) is 8.97. The topological polar surface area (TPSA) is 68.8 Å². The highest BCUT2D eigenvalue weighted by Crippen LogP contribution is 2.26. The summed E-state index contributed by atoms with van der Waals surface area (Å²) in [5.41, 5.74) is 2.58. The van der Waals surface area contributed by atoms with E-state index in [9.17, 15) is 4.79 Å². The predicted molar refractivity (Wildman–Crippen MR) is 131 cm³/mol. The van der Waals surface area contributed by atoms with Crippen LogP contribution in [0.4, 0.5) is 5.69 Å².